The molecule has 3 aromatic rings. The lowest BCUT2D eigenvalue weighted by molar-refractivity contribution is -0.387. The topological polar surface area (TPSA) is 67.5 Å². The van der Waals surface area contributed by atoms with E-state index in [4.69, 9.17) is 0 Å². The molecule has 26 heavy (non-hydrogen) atoms. The average molecular weight is 363 g/mol. The number of nitrogens with zero attached hydrogens (tertiary/aromatic N) is 2. The molecule has 1 N–H and O–H groups in total. The molecule has 0 aliphatic carbocycles. The van der Waals surface area contributed by atoms with Crippen LogP contribution in [-0.2, 0) is 5.75 Å². The Morgan fingerprint density at radius 2 is 1.69 bits per heavy atom. The smallest absolute Gasteiger partial charge is 0.279 e. The summed E-state index contributed by atoms with van der Waals surface area (Å²) in [5, 5.41) is 15.5. The van der Waals surface area contributed by atoms with Crippen molar-refractivity contribution >= 4 is 29.4 Å². The predicted molar refractivity (Wildman–Crippen MR) is 107 cm³/mol. The monoisotopic (exact) mass is 363 g/mol. The third kappa shape index (κ3) is 4.94. The van der Waals surface area contributed by atoms with E-state index in [9.17, 15) is 10.1 Å². The minimum Gasteiger partial charge on any atom is -0.279 e. The van der Waals surface area contributed by atoms with E-state index >= 15 is 0 Å². The number of anilines is 1. The van der Waals surface area contributed by atoms with Crippen molar-refractivity contribution in [3.8, 4) is 0 Å². The van der Waals surface area contributed by atoms with Crippen molar-refractivity contribution in [3.05, 3.63) is 100 Å². The lowest BCUT2D eigenvalue weighted by Gasteiger charge is -2.04. The Bertz CT molecular complexity index is 899. The van der Waals surface area contributed by atoms with E-state index < -0.39 is 0 Å². The summed E-state index contributed by atoms with van der Waals surface area (Å²) >= 11 is 1.46. The third-order valence-corrected chi connectivity index (χ3v) is 4.73. The molecule has 3 rings (SSSR count). The average Bonchev–Trinajstić information content (AvgIpc) is 2.68. The third-order valence-electron chi connectivity index (χ3n) is 3.60. The number of benzene rings is 3. The number of nitrogens with one attached hydrogen (secondary N) is 1. The fourth-order valence-corrected chi connectivity index (χ4v) is 3.27. The Morgan fingerprint density at radius 1 is 1.00 bits per heavy atom. The van der Waals surface area contributed by atoms with Crippen LogP contribution in [0.4, 0.5) is 11.4 Å². The van der Waals surface area contributed by atoms with Gasteiger partial charge < -0.3 is 0 Å². The number of hydrogen-bond acceptors (Lipinski definition) is 5. The van der Waals surface area contributed by atoms with Crippen molar-refractivity contribution in [2.24, 2.45) is 5.10 Å². The molecule has 6 heteroatoms. The zero-order valence-electron chi connectivity index (χ0n) is 13.9. The van der Waals surface area contributed by atoms with Crippen LogP contribution in [0.25, 0.3) is 0 Å². The minimum atomic E-state index is -0.352. The molecule has 0 saturated heterocycles. The molecular weight excluding hydrogens is 346 g/mol. The quantitative estimate of drug-likeness (QED) is 0.266. The fraction of sp³-hybridized carbons (Fsp3) is 0.0500. The summed E-state index contributed by atoms with van der Waals surface area (Å²) in [6.07, 6.45) is 1.58. The molecule has 0 bridgehead atoms. The number of nitro groups is 1. The van der Waals surface area contributed by atoms with Gasteiger partial charge in [-0.3, -0.25) is 15.5 Å². The van der Waals surface area contributed by atoms with E-state index in [1.165, 1.54) is 11.8 Å². The highest BCUT2D eigenvalue weighted by atomic mass is 32.2. The van der Waals surface area contributed by atoms with Crippen LogP contribution in [-0.4, -0.2) is 11.1 Å². The SMILES string of the molecule is O=[N+]([O-])c1cc(C=NNc2ccccc2)ccc1SCc1ccccc1. The first-order valence-corrected chi connectivity index (χ1v) is 9.00. The second kappa shape index (κ2) is 8.82. The minimum absolute atomic E-state index is 0.0922. The first kappa shape index (κ1) is 17.7. The van der Waals surface area contributed by atoms with Crippen molar-refractivity contribution in [2.45, 2.75) is 10.6 Å². The molecule has 0 aliphatic rings. The van der Waals surface area contributed by atoms with Crippen molar-refractivity contribution in [2.75, 3.05) is 5.43 Å². The Morgan fingerprint density at radius 3 is 2.38 bits per heavy atom. The highest BCUT2D eigenvalue weighted by molar-refractivity contribution is 7.98. The first-order chi connectivity index (χ1) is 12.7. The van der Waals surface area contributed by atoms with E-state index in [0.29, 0.717) is 16.2 Å². The molecule has 0 radical (unpaired) electrons. The Labute approximate surface area is 155 Å². The molecule has 130 valence electrons. The summed E-state index contributed by atoms with van der Waals surface area (Å²) in [6.45, 7) is 0. The van der Waals surface area contributed by atoms with Crippen molar-refractivity contribution in [3.63, 3.8) is 0 Å². The second-order valence-corrected chi connectivity index (χ2v) is 6.51. The summed E-state index contributed by atoms with van der Waals surface area (Å²) in [4.78, 5) is 11.7. The van der Waals surface area contributed by atoms with E-state index in [2.05, 4.69) is 10.5 Å². The van der Waals surface area contributed by atoms with Gasteiger partial charge in [-0.05, 0) is 23.8 Å². The van der Waals surface area contributed by atoms with Gasteiger partial charge in [0, 0.05) is 17.4 Å². The van der Waals surface area contributed by atoms with E-state index in [-0.39, 0.29) is 10.6 Å². The second-order valence-electron chi connectivity index (χ2n) is 5.49. The summed E-state index contributed by atoms with van der Waals surface area (Å²) in [6, 6.07) is 24.6. The molecule has 0 spiro atoms. The zero-order valence-corrected chi connectivity index (χ0v) is 14.7. The van der Waals surface area contributed by atoms with Crippen molar-refractivity contribution in [1.82, 2.24) is 0 Å². The van der Waals surface area contributed by atoms with Gasteiger partial charge in [-0.2, -0.15) is 5.10 Å². The molecule has 0 atom stereocenters. The maximum Gasteiger partial charge on any atom is 0.283 e. The molecule has 0 heterocycles. The van der Waals surface area contributed by atoms with Gasteiger partial charge in [-0.1, -0.05) is 54.6 Å². The molecule has 0 unspecified atom stereocenters. The van der Waals surface area contributed by atoms with E-state index in [1.807, 2.05) is 66.7 Å². The highest BCUT2D eigenvalue weighted by Gasteiger charge is 2.14. The van der Waals surface area contributed by atoms with Crippen LogP contribution in [0, 0.1) is 10.1 Å². The highest BCUT2D eigenvalue weighted by Crippen LogP contribution is 2.32. The Kier molecular flexibility index (Phi) is 6.01. The molecule has 3 aromatic carbocycles. The van der Waals surface area contributed by atoms with Gasteiger partial charge in [0.2, 0.25) is 0 Å². The Hall–Kier alpha value is -3.12. The van der Waals surface area contributed by atoms with E-state index in [0.717, 1.165) is 11.3 Å². The standard InChI is InChI=1S/C20H17N3O2S/c24-23(25)19-13-17(14-21-22-18-9-5-2-6-10-18)11-12-20(19)26-15-16-7-3-1-4-8-16/h1-14,22H,15H2. The lowest BCUT2D eigenvalue weighted by atomic mass is 10.2. The van der Waals surface area contributed by atoms with Crippen LogP contribution in [0.2, 0.25) is 0 Å². The van der Waals surface area contributed by atoms with Crippen LogP contribution < -0.4 is 5.43 Å². The summed E-state index contributed by atoms with van der Waals surface area (Å²) < 4.78 is 0. The van der Waals surface area contributed by atoms with Crippen LogP contribution >= 0.6 is 11.8 Å². The molecular formula is C20H17N3O2S. The van der Waals surface area contributed by atoms with Gasteiger partial charge in [0.25, 0.3) is 5.69 Å². The summed E-state index contributed by atoms with van der Waals surface area (Å²) in [5.74, 6) is 0.685. The van der Waals surface area contributed by atoms with Gasteiger partial charge >= 0.3 is 0 Å². The number of thioether (sulfide) groups is 1. The summed E-state index contributed by atoms with van der Waals surface area (Å²) in [5.41, 5.74) is 5.64. The van der Waals surface area contributed by atoms with Gasteiger partial charge in [0.05, 0.1) is 21.7 Å². The molecule has 5 nitrogen and oxygen atoms in total. The van der Waals surface area contributed by atoms with Crippen molar-refractivity contribution < 1.29 is 4.92 Å². The van der Waals surface area contributed by atoms with Gasteiger partial charge in [-0.15, -0.1) is 11.8 Å². The van der Waals surface area contributed by atoms with Crippen LogP contribution in [0.3, 0.4) is 0 Å². The van der Waals surface area contributed by atoms with Crippen LogP contribution in [0.15, 0.2) is 88.9 Å². The van der Waals surface area contributed by atoms with Crippen LogP contribution in [0.5, 0.6) is 0 Å². The Balaban J connectivity index is 1.71. The molecule has 0 saturated carbocycles. The maximum absolute atomic E-state index is 11.4. The largest absolute Gasteiger partial charge is 0.283 e. The number of hydrazone groups is 1. The summed E-state index contributed by atoms with van der Waals surface area (Å²) in [7, 11) is 0. The van der Waals surface area contributed by atoms with Gasteiger partial charge in [0.1, 0.15) is 0 Å². The number of hydrogen-bond donors (Lipinski definition) is 1. The molecule has 0 aromatic heterocycles. The normalized spacial score (nSPS) is 10.8. The van der Waals surface area contributed by atoms with Crippen molar-refractivity contribution in [1.29, 1.82) is 0 Å². The van der Waals surface area contributed by atoms with Gasteiger partial charge in [0.15, 0.2) is 0 Å². The maximum atomic E-state index is 11.4. The van der Waals surface area contributed by atoms with Gasteiger partial charge in [-0.25, -0.2) is 0 Å². The van der Waals surface area contributed by atoms with E-state index in [1.54, 1.807) is 18.3 Å². The lowest BCUT2D eigenvalue weighted by Crippen LogP contribution is -1.95. The zero-order chi connectivity index (χ0) is 18.2. The molecule has 0 amide bonds. The predicted octanol–water partition coefficient (Wildman–Crippen LogP) is 5.33. The number of nitro benzene ring substituents is 1. The number of rotatable bonds is 7. The first-order valence-electron chi connectivity index (χ1n) is 8.01. The number of para-hydroxylation sites is 1. The van der Waals surface area contributed by atoms with Crippen LogP contribution in [0.1, 0.15) is 11.1 Å². The molecule has 0 fully saturated rings. The fourth-order valence-electron chi connectivity index (χ4n) is 2.31. The molecule has 0 aliphatic heterocycles.